The van der Waals surface area contributed by atoms with Gasteiger partial charge in [-0.25, -0.2) is 0 Å². The summed E-state index contributed by atoms with van der Waals surface area (Å²) in [5.74, 6) is 1.83. The van der Waals surface area contributed by atoms with Crippen molar-refractivity contribution in [3.8, 4) is 0 Å². The smallest absolute Gasteiger partial charge is 0.191 e. The van der Waals surface area contributed by atoms with Gasteiger partial charge in [-0.2, -0.15) is 0 Å². The minimum Gasteiger partial charge on any atom is -0.388 e. The van der Waals surface area contributed by atoms with Crippen molar-refractivity contribution in [3.05, 3.63) is 0 Å². The molecular weight excluding hydrogens is 377 g/mol. The summed E-state index contributed by atoms with van der Waals surface area (Å²) in [7, 11) is 0. The fourth-order valence-corrected chi connectivity index (χ4v) is 3.21. The third-order valence-electron chi connectivity index (χ3n) is 4.72. The van der Waals surface area contributed by atoms with Crippen molar-refractivity contribution in [2.75, 3.05) is 19.6 Å². The van der Waals surface area contributed by atoms with E-state index in [0.29, 0.717) is 6.54 Å². The Labute approximate surface area is 146 Å². The molecule has 0 heterocycles. The third-order valence-corrected chi connectivity index (χ3v) is 4.72. The standard InChI is InChI=1S/C16H31N3O.HI/c1-2-17-15(19-13-16(20)10-6-11-16)18-12-5-9-14-7-3-4-8-14;/h14,20H,2-13H2,1H3,(H2,17,18,19);1H. The first kappa shape index (κ1) is 19.0. The van der Waals surface area contributed by atoms with E-state index in [1.807, 2.05) is 0 Å². The summed E-state index contributed by atoms with van der Waals surface area (Å²) in [4.78, 5) is 4.52. The van der Waals surface area contributed by atoms with Crippen molar-refractivity contribution in [2.45, 2.75) is 70.3 Å². The number of aliphatic hydroxyl groups is 1. The summed E-state index contributed by atoms with van der Waals surface area (Å²) < 4.78 is 0. The van der Waals surface area contributed by atoms with Crippen LogP contribution in [0.4, 0.5) is 0 Å². The SMILES string of the molecule is CCNC(=NCC1(O)CCC1)NCCCC1CCCC1.I. The van der Waals surface area contributed by atoms with Crippen LogP contribution < -0.4 is 10.6 Å². The first-order chi connectivity index (χ1) is 9.72. The molecule has 2 rings (SSSR count). The summed E-state index contributed by atoms with van der Waals surface area (Å²) in [5.41, 5.74) is -0.522. The van der Waals surface area contributed by atoms with Crippen LogP contribution in [0.1, 0.15) is 64.7 Å². The molecule has 0 spiro atoms. The molecular formula is C16H32IN3O. The Morgan fingerprint density at radius 1 is 1.19 bits per heavy atom. The molecule has 0 radical (unpaired) electrons. The van der Waals surface area contributed by atoms with Gasteiger partial charge in [-0.05, 0) is 44.9 Å². The van der Waals surface area contributed by atoms with E-state index < -0.39 is 5.60 Å². The molecule has 0 bridgehead atoms. The highest BCUT2D eigenvalue weighted by molar-refractivity contribution is 14.0. The van der Waals surface area contributed by atoms with Crippen molar-refractivity contribution >= 4 is 29.9 Å². The highest BCUT2D eigenvalue weighted by Gasteiger charge is 2.34. The molecule has 21 heavy (non-hydrogen) atoms. The highest BCUT2D eigenvalue weighted by Crippen LogP contribution is 2.31. The normalized spacial score (nSPS) is 21.5. The summed E-state index contributed by atoms with van der Waals surface area (Å²) >= 11 is 0. The van der Waals surface area contributed by atoms with Crippen LogP contribution in [0, 0.1) is 5.92 Å². The van der Waals surface area contributed by atoms with Crippen LogP contribution in [0.5, 0.6) is 0 Å². The van der Waals surface area contributed by atoms with E-state index in [2.05, 4.69) is 22.5 Å². The summed E-state index contributed by atoms with van der Waals surface area (Å²) in [6.07, 6.45) is 11.2. The fraction of sp³-hybridized carbons (Fsp3) is 0.938. The largest absolute Gasteiger partial charge is 0.388 e. The van der Waals surface area contributed by atoms with Gasteiger partial charge in [0.1, 0.15) is 0 Å². The van der Waals surface area contributed by atoms with E-state index in [-0.39, 0.29) is 24.0 Å². The van der Waals surface area contributed by atoms with Gasteiger partial charge in [0.2, 0.25) is 0 Å². The predicted molar refractivity (Wildman–Crippen MR) is 99.4 cm³/mol. The second-order valence-electron chi connectivity index (χ2n) is 6.49. The van der Waals surface area contributed by atoms with Gasteiger partial charge < -0.3 is 15.7 Å². The Bertz CT molecular complexity index is 313. The third kappa shape index (κ3) is 6.72. The van der Waals surface area contributed by atoms with Gasteiger partial charge in [-0.1, -0.05) is 25.7 Å². The van der Waals surface area contributed by atoms with Crippen LogP contribution in [0.25, 0.3) is 0 Å². The lowest BCUT2D eigenvalue weighted by atomic mass is 9.80. The van der Waals surface area contributed by atoms with Crippen molar-refractivity contribution in [1.29, 1.82) is 0 Å². The van der Waals surface area contributed by atoms with Crippen LogP contribution >= 0.6 is 24.0 Å². The molecule has 0 aromatic carbocycles. The minimum absolute atomic E-state index is 0. The van der Waals surface area contributed by atoms with Gasteiger partial charge in [-0.3, -0.25) is 4.99 Å². The summed E-state index contributed by atoms with van der Waals surface area (Å²) in [6.45, 7) is 4.46. The number of guanidine groups is 1. The van der Waals surface area contributed by atoms with E-state index in [9.17, 15) is 5.11 Å². The van der Waals surface area contributed by atoms with Crippen molar-refractivity contribution in [3.63, 3.8) is 0 Å². The second kappa shape index (κ2) is 9.87. The first-order valence-electron chi connectivity index (χ1n) is 8.46. The number of hydrogen-bond donors (Lipinski definition) is 3. The number of nitrogens with zero attached hydrogens (tertiary/aromatic N) is 1. The van der Waals surface area contributed by atoms with Crippen molar-refractivity contribution in [1.82, 2.24) is 10.6 Å². The molecule has 0 amide bonds. The van der Waals surface area contributed by atoms with E-state index >= 15 is 0 Å². The quantitative estimate of drug-likeness (QED) is 0.262. The monoisotopic (exact) mass is 409 g/mol. The van der Waals surface area contributed by atoms with Gasteiger partial charge in [0.05, 0.1) is 12.1 Å². The average Bonchev–Trinajstić information content (AvgIpc) is 2.91. The summed E-state index contributed by atoms with van der Waals surface area (Å²) in [5, 5.41) is 16.7. The predicted octanol–water partition coefficient (Wildman–Crippen LogP) is 3.04. The van der Waals surface area contributed by atoms with Gasteiger partial charge in [0.25, 0.3) is 0 Å². The lowest BCUT2D eigenvalue weighted by Gasteiger charge is -2.35. The number of hydrogen-bond acceptors (Lipinski definition) is 2. The molecule has 4 nitrogen and oxygen atoms in total. The van der Waals surface area contributed by atoms with E-state index in [1.165, 1.54) is 38.5 Å². The molecule has 0 aromatic rings. The van der Waals surface area contributed by atoms with Gasteiger partial charge in [0.15, 0.2) is 5.96 Å². The van der Waals surface area contributed by atoms with E-state index in [1.54, 1.807) is 0 Å². The van der Waals surface area contributed by atoms with Gasteiger partial charge in [-0.15, -0.1) is 24.0 Å². The molecule has 2 saturated carbocycles. The van der Waals surface area contributed by atoms with Crippen molar-refractivity contribution in [2.24, 2.45) is 10.9 Å². The van der Waals surface area contributed by atoms with Crippen LogP contribution in [0.3, 0.4) is 0 Å². The van der Waals surface area contributed by atoms with Crippen LogP contribution in [-0.4, -0.2) is 36.3 Å². The van der Waals surface area contributed by atoms with Crippen LogP contribution in [0.2, 0.25) is 0 Å². The maximum absolute atomic E-state index is 10.1. The second-order valence-corrected chi connectivity index (χ2v) is 6.49. The maximum Gasteiger partial charge on any atom is 0.191 e. The van der Waals surface area contributed by atoms with E-state index in [0.717, 1.165) is 44.2 Å². The topological polar surface area (TPSA) is 56.7 Å². The zero-order chi connectivity index (χ0) is 14.3. The highest BCUT2D eigenvalue weighted by atomic mass is 127. The molecule has 0 unspecified atom stereocenters. The maximum atomic E-state index is 10.1. The zero-order valence-electron chi connectivity index (χ0n) is 13.4. The van der Waals surface area contributed by atoms with Crippen LogP contribution in [0.15, 0.2) is 4.99 Å². The molecule has 2 aliphatic rings. The average molecular weight is 409 g/mol. The number of nitrogens with one attached hydrogen (secondary N) is 2. The Morgan fingerprint density at radius 3 is 2.48 bits per heavy atom. The molecule has 0 aromatic heterocycles. The number of halogens is 1. The summed E-state index contributed by atoms with van der Waals surface area (Å²) in [6, 6.07) is 0. The Hall–Kier alpha value is -0.0400. The molecule has 3 N–H and O–H groups in total. The molecule has 0 aliphatic heterocycles. The van der Waals surface area contributed by atoms with Crippen LogP contribution in [-0.2, 0) is 0 Å². The van der Waals surface area contributed by atoms with Gasteiger partial charge >= 0.3 is 0 Å². The van der Waals surface area contributed by atoms with E-state index in [4.69, 9.17) is 0 Å². The minimum atomic E-state index is -0.522. The molecule has 0 atom stereocenters. The Balaban J connectivity index is 0.00000220. The Kier molecular flexibility index (Phi) is 8.94. The molecule has 2 fully saturated rings. The van der Waals surface area contributed by atoms with Crippen molar-refractivity contribution < 1.29 is 5.11 Å². The zero-order valence-corrected chi connectivity index (χ0v) is 15.7. The Morgan fingerprint density at radius 2 is 1.90 bits per heavy atom. The van der Waals surface area contributed by atoms with Gasteiger partial charge in [0, 0.05) is 13.1 Å². The molecule has 0 saturated heterocycles. The molecule has 2 aliphatic carbocycles. The molecule has 124 valence electrons. The number of aliphatic imine (C=N–C) groups is 1. The first-order valence-corrected chi connectivity index (χ1v) is 8.46. The fourth-order valence-electron chi connectivity index (χ4n) is 3.21. The molecule has 5 heteroatoms. The number of rotatable bonds is 7. The lowest BCUT2D eigenvalue weighted by Crippen LogP contribution is -2.43. The lowest BCUT2D eigenvalue weighted by molar-refractivity contribution is -0.0236.